The zero-order chi connectivity index (χ0) is 19.6. The number of carbonyl (C=O) groups excluding carboxylic acids is 1. The van der Waals surface area contributed by atoms with E-state index < -0.39 is 0 Å². The van der Waals surface area contributed by atoms with Gasteiger partial charge in [0, 0.05) is 50.2 Å². The Hall–Kier alpha value is -3.28. The van der Waals surface area contributed by atoms with Gasteiger partial charge >= 0.3 is 0 Å². The Bertz CT molecular complexity index is 917. The van der Waals surface area contributed by atoms with Crippen molar-refractivity contribution < 1.29 is 4.79 Å². The Morgan fingerprint density at radius 2 is 1.71 bits per heavy atom. The minimum Gasteiger partial charge on any atom is -0.361 e. The van der Waals surface area contributed by atoms with Gasteiger partial charge < -0.3 is 20.9 Å². The van der Waals surface area contributed by atoms with E-state index in [-0.39, 0.29) is 5.91 Å². The van der Waals surface area contributed by atoms with Crippen LogP contribution in [0.5, 0.6) is 0 Å². The van der Waals surface area contributed by atoms with Crippen LogP contribution in [0.25, 0.3) is 10.9 Å². The van der Waals surface area contributed by atoms with Gasteiger partial charge in [-0.25, -0.2) is 0 Å². The number of hydrogen-bond donors (Lipinski definition) is 4. The third-order valence-electron chi connectivity index (χ3n) is 4.56. The van der Waals surface area contributed by atoms with Crippen LogP contribution in [-0.2, 0) is 17.8 Å². The lowest BCUT2D eigenvalue weighted by atomic mass is 10.1. The van der Waals surface area contributed by atoms with E-state index in [4.69, 9.17) is 0 Å². The second kappa shape index (κ2) is 10.2. The molecule has 3 rings (SSSR count). The molecule has 0 aliphatic rings. The third-order valence-corrected chi connectivity index (χ3v) is 4.56. The Labute approximate surface area is 165 Å². The molecule has 2 aromatic carbocycles. The Kier molecular flexibility index (Phi) is 7.07. The minimum atomic E-state index is 0.0191. The van der Waals surface area contributed by atoms with Crippen LogP contribution in [0.2, 0.25) is 0 Å². The van der Waals surface area contributed by atoms with E-state index in [0.717, 1.165) is 24.0 Å². The Morgan fingerprint density at radius 1 is 0.964 bits per heavy atom. The van der Waals surface area contributed by atoms with Crippen LogP contribution in [0, 0.1) is 0 Å². The zero-order valence-electron chi connectivity index (χ0n) is 16.2. The number of hydrogen-bond acceptors (Lipinski definition) is 2. The van der Waals surface area contributed by atoms with Crippen molar-refractivity contribution in [2.45, 2.75) is 19.4 Å². The first-order valence-electron chi connectivity index (χ1n) is 9.56. The quantitative estimate of drug-likeness (QED) is 0.360. The number of rotatable bonds is 8. The first kappa shape index (κ1) is 19.5. The molecule has 0 radical (unpaired) electrons. The van der Waals surface area contributed by atoms with Gasteiger partial charge in [-0.3, -0.25) is 9.79 Å². The number of nitrogens with one attached hydrogen (secondary N) is 4. The van der Waals surface area contributed by atoms with Gasteiger partial charge in [-0.15, -0.1) is 0 Å². The molecule has 0 unspecified atom stereocenters. The molecule has 1 aromatic heterocycles. The number of H-pyrrole nitrogens is 1. The normalized spacial score (nSPS) is 11.4. The van der Waals surface area contributed by atoms with Gasteiger partial charge in [-0.2, -0.15) is 0 Å². The largest absolute Gasteiger partial charge is 0.361 e. The zero-order valence-corrected chi connectivity index (χ0v) is 16.2. The molecule has 0 saturated carbocycles. The van der Waals surface area contributed by atoms with Gasteiger partial charge in [0.05, 0.1) is 0 Å². The van der Waals surface area contributed by atoms with Gasteiger partial charge in [0.1, 0.15) is 0 Å². The van der Waals surface area contributed by atoms with Crippen molar-refractivity contribution in [1.82, 2.24) is 20.9 Å². The predicted molar refractivity (Wildman–Crippen MR) is 114 cm³/mol. The molecule has 0 bridgehead atoms. The Balaban J connectivity index is 1.35. The minimum absolute atomic E-state index is 0.0191. The van der Waals surface area contributed by atoms with Crippen molar-refractivity contribution in [3.8, 4) is 0 Å². The molecule has 28 heavy (non-hydrogen) atoms. The van der Waals surface area contributed by atoms with E-state index in [1.807, 2.05) is 36.4 Å². The summed E-state index contributed by atoms with van der Waals surface area (Å²) in [6.07, 6.45) is 3.35. The second-order valence-electron chi connectivity index (χ2n) is 6.55. The van der Waals surface area contributed by atoms with Gasteiger partial charge in [-0.05, 0) is 23.6 Å². The molecular weight excluding hydrogens is 350 g/mol. The highest BCUT2D eigenvalue weighted by atomic mass is 16.1. The number of benzene rings is 2. The summed E-state index contributed by atoms with van der Waals surface area (Å²) in [5.74, 6) is 0.723. The van der Waals surface area contributed by atoms with Crippen molar-refractivity contribution in [2.24, 2.45) is 4.99 Å². The van der Waals surface area contributed by atoms with Gasteiger partial charge in [-0.1, -0.05) is 48.5 Å². The molecule has 0 spiro atoms. The van der Waals surface area contributed by atoms with E-state index in [0.29, 0.717) is 25.5 Å². The van der Waals surface area contributed by atoms with Crippen LogP contribution in [0.1, 0.15) is 17.5 Å². The highest BCUT2D eigenvalue weighted by Gasteiger charge is 2.05. The average Bonchev–Trinajstić information content (AvgIpc) is 3.15. The highest BCUT2D eigenvalue weighted by Crippen LogP contribution is 2.17. The Morgan fingerprint density at radius 3 is 2.54 bits per heavy atom. The van der Waals surface area contributed by atoms with Crippen molar-refractivity contribution in [2.75, 3.05) is 20.1 Å². The standard InChI is InChI=1S/C22H27N5O/c1-23-22(24-13-11-18-16-26-20-10-6-5-9-19(18)20)25-14-12-21(28)27-15-17-7-3-2-4-8-17/h2-10,16,26H,11-15H2,1H3,(H,27,28)(H2,23,24,25). The molecule has 6 nitrogen and oxygen atoms in total. The fourth-order valence-electron chi connectivity index (χ4n) is 3.05. The number of amides is 1. The summed E-state index contributed by atoms with van der Waals surface area (Å²) in [6, 6.07) is 18.2. The first-order valence-corrected chi connectivity index (χ1v) is 9.56. The highest BCUT2D eigenvalue weighted by molar-refractivity contribution is 5.83. The van der Waals surface area contributed by atoms with Crippen LogP contribution in [0.15, 0.2) is 65.8 Å². The van der Waals surface area contributed by atoms with E-state index in [2.05, 4.69) is 50.3 Å². The fourth-order valence-corrected chi connectivity index (χ4v) is 3.05. The maximum absolute atomic E-state index is 12.0. The summed E-state index contributed by atoms with van der Waals surface area (Å²) in [4.78, 5) is 19.5. The van der Waals surface area contributed by atoms with Crippen LogP contribution < -0.4 is 16.0 Å². The van der Waals surface area contributed by atoms with Crippen LogP contribution >= 0.6 is 0 Å². The van der Waals surface area contributed by atoms with Gasteiger partial charge in [0.2, 0.25) is 5.91 Å². The molecular formula is C22H27N5O. The number of fused-ring (bicyclic) bond motifs is 1. The van der Waals surface area contributed by atoms with Crippen LogP contribution in [-0.4, -0.2) is 37.0 Å². The predicted octanol–water partition coefficient (Wildman–Crippen LogP) is 2.58. The lowest BCUT2D eigenvalue weighted by Gasteiger charge is -2.12. The SMILES string of the molecule is CN=C(NCCC(=O)NCc1ccccc1)NCCc1c[nH]c2ccccc12. The molecule has 0 atom stereocenters. The first-order chi connectivity index (χ1) is 13.8. The number of nitrogens with zero attached hydrogens (tertiary/aromatic N) is 1. The maximum atomic E-state index is 12.0. The number of aromatic nitrogens is 1. The van der Waals surface area contributed by atoms with Gasteiger partial charge in [0.15, 0.2) is 5.96 Å². The molecule has 1 amide bonds. The molecule has 0 aliphatic carbocycles. The molecule has 146 valence electrons. The van der Waals surface area contributed by atoms with Crippen molar-refractivity contribution >= 4 is 22.8 Å². The van der Waals surface area contributed by atoms with E-state index in [1.165, 1.54) is 10.9 Å². The number of guanidine groups is 1. The lowest BCUT2D eigenvalue weighted by molar-refractivity contribution is -0.121. The monoisotopic (exact) mass is 377 g/mol. The fraction of sp³-hybridized carbons (Fsp3) is 0.273. The van der Waals surface area contributed by atoms with E-state index in [1.54, 1.807) is 7.05 Å². The average molecular weight is 377 g/mol. The molecule has 3 aromatic rings. The number of para-hydroxylation sites is 1. The summed E-state index contributed by atoms with van der Waals surface area (Å²) in [5, 5.41) is 10.7. The maximum Gasteiger partial charge on any atom is 0.222 e. The summed E-state index contributed by atoms with van der Waals surface area (Å²) < 4.78 is 0. The van der Waals surface area contributed by atoms with Crippen molar-refractivity contribution in [3.63, 3.8) is 0 Å². The van der Waals surface area contributed by atoms with E-state index in [9.17, 15) is 4.79 Å². The number of carbonyl (C=O) groups is 1. The van der Waals surface area contributed by atoms with Crippen LogP contribution in [0.4, 0.5) is 0 Å². The van der Waals surface area contributed by atoms with Crippen molar-refractivity contribution in [3.05, 3.63) is 71.9 Å². The summed E-state index contributed by atoms with van der Waals surface area (Å²) in [7, 11) is 1.73. The molecule has 0 saturated heterocycles. The van der Waals surface area contributed by atoms with Gasteiger partial charge in [0.25, 0.3) is 0 Å². The summed E-state index contributed by atoms with van der Waals surface area (Å²) >= 11 is 0. The van der Waals surface area contributed by atoms with Crippen LogP contribution in [0.3, 0.4) is 0 Å². The molecule has 6 heteroatoms. The number of aromatic amines is 1. The topological polar surface area (TPSA) is 81.3 Å². The molecule has 1 heterocycles. The summed E-state index contributed by atoms with van der Waals surface area (Å²) in [5.41, 5.74) is 3.53. The number of aliphatic imine (C=N–C) groups is 1. The lowest BCUT2D eigenvalue weighted by Crippen LogP contribution is -2.40. The van der Waals surface area contributed by atoms with Crippen molar-refractivity contribution in [1.29, 1.82) is 0 Å². The molecule has 0 aliphatic heterocycles. The summed E-state index contributed by atoms with van der Waals surface area (Å²) in [6.45, 7) is 1.85. The molecule has 4 N–H and O–H groups in total. The smallest absolute Gasteiger partial charge is 0.222 e. The second-order valence-corrected chi connectivity index (χ2v) is 6.55. The molecule has 0 fully saturated rings. The van der Waals surface area contributed by atoms with E-state index >= 15 is 0 Å². The third kappa shape index (κ3) is 5.61.